The fraction of sp³-hybridized carbons (Fsp3) is 0.600. The third kappa shape index (κ3) is 1.41. The lowest BCUT2D eigenvalue weighted by Gasteiger charge is -2.31. The second-order valence-corrected chi connectivity index (χ2v) is 4.34. The van der Waals surface area contributed by atoms with Gasteiger partial charge in [-0.3, -0.25) is 4.79 Å². The van der Waals surface area contributed by atoms with E-state index >= 15 is 0 Å². The molecule has 4 heteroatoms. The van der Waals surface area contributed by atoms with Gasteiger partial charge in [0.2, 0.25) is 0 Å². The van der Waals surface area contributed by atoms with E-state index < -0.39 is 0 Å². The first-order valence-electron chi connectivity index (χ1n) is 4.91. The van der Waals surface area contributed by atoms with Gasteiger partial charge in [-0.1, -0.05) is 0 Å². The third-order valence-electron chi connectivity index (χ3n) is 2.87. The number of carbonyl (C=O) groups is 1. The topological polar surface area (TPSA) is 49.0 Å². The minimum absolute atomic E-state index is 0.0117. The zero-order valence-electron chi connectivity index (χ0n) is 8.58. The Morgan fingerprint density at radius 1 is 1.64 bits per heavy atom. The lowest BCUT2D eigenvalue weighted by atomic mass is 10.0. The van der Waals surface area contributed by atoms with E-state index in [1.54, 1.807) is 6.20 Å². The Morgan fingerprint density at radius 2 is 2.43 bits per heavy atom. The minimum atomic E-state index is -0.0117. The van der Waals surface area contributed by atoms with Gasteiger partial charge in [0.15, 0.2) is 0 Å². The second kappa shape index (κ2) is 3.12. The summed E-state index contributed by atoms with van der Waals surface area (Å²) in [5.41, 5.74) is 0.572. The van der Waals surface area contributed by atoms with Crippen molar-refractivity contribution in [2.45, 2.75) is 32.2 Å². The second-order valence-electron chi connectivity index (χ2n) is 4.34. The Kier molecular flexibility index (Phi) is 2.06. The van der Waals surface area contributed by atoms with Crippen molar-refractivity contribution in [1.29, 1.82) is 0 Å². The van der Waals surface area contributed by atoms with Crippen LogP contribution in [0.5, 0.6) is 0 Å². The van der Waals surface area contributed by atoms with Crippen LogP contribution in [0.15, 0.2) is 12.5 Å². The summed E-state index contributed by atoms with van der Waals surface area (Å²) in [6.07, 6.45) is 5.28. The van der Waals surface area contributed by atoms with Crippen molar-refractivity contribution in [3.63, 3.8) is 0 Å². The van der Waals surface area contributed by atoms with Gasteiger partial charge in [-0.2, -0.15) is 0 Å². The lowest BCUT2D eigenvalue weighted by molar-refractivity contribution is 0.0646. The van der Waals surface area contributed by atoms with Crippen LogP contribution < -0.4 is 0 Å². The van der Waals surface area contributed by atoms with Crippen LogP contribution in [0.1, 0.15) is 37.2 Å². The number of carbonyl (C=O) groups excluding carboxylic acids is 1. The lowest BCUT2D eigenvalue weighted by Crippen LogP contribution is -2.42. The molecule has 1 amide bonds. The molecule has 1 aliphatic rings. The largest absolute Gasteiger partial charge is 0.341 e. The Balaban J connectivity index is 2.20. The molecule has 0 spiro atoms. The number of imidazole rings is 1. The van der Waals surface area contributed by atoms with Crippen molar-refractivity contribution >= 4 is 5.91 Å². The Morgan fingerprint density at radius 3 is 2.93 bits per heavy atom. The molecule has 0 bridgehead atoms. The number of aromatic amines is 1. The van der Waals surface area contributed by atoms with Crippen LogP contribution in [-0.4, -0.2) is 32.9 Å². The summed E-state index contributed by atoms with van der Waals surface area (Å²) in [7, 11) is 0. The summed E-state index contributed by atoms with van der Waals surface area (Å²) < 4.78 is 0. The molecule has 0 saturated carbocycles. The Labute approximate surface area is 83.3 Å². The van der Waals surface area contributed by atoms with Gasteiger partial charge in [-0.05, 0) is 26.7 Å². The number of likely N-dealkylation sites (tertiary alicyclic amines) is 1. The molecule has 1 aromatic rings. The maximum atomic E-state index is 12.0. The number of amides is 1. The highest BCUT2D eigenvalue weighted by molar-refractivity contribution is 5.92. The van der Waals surface area contributed by atoms with Gasteiger partial charge >= 0.3 is 0 Å². The highest BCUT2D eigenvalue weighted by Gasteiger charge is 2.36. The molecular weight excluding hydrogens is 178 g/mol. The van der Waals surface area contributed by atoms with Crippen molar-refractivity contribution in [1.82, 2.24) is 14.9 Å². The number of hydrogen-bond acceptors (Lipinski definition) is 2. The first kappa shape index (κ1) is 9.24. The number of nitrogens with one attached hydrogen (secondary N) is 1. The molecule has 0 radical (unpaired) electrons. The highest BCUT2D eigenvalue weighted by Crippen LogP contribution is 2.29. The molecular formula is C10H15N3O. The van der Waals surface area contributed by atoms with E-state index in [4.69, 9.17) is 0 Å². The molecule has 4 nitrogen and oxygen atoms in total. The summed E-state index contributed by atoms with van der Waals surface area (Å²) in [6, 6.07) is 0. The van der Waals surface area contributed by atoms with Crippen molar-refractivity contribution in [3.05, 3.63) is 18.2 Å². The van der Waals surface area contributed by atoms with Gasteiger partial charge in [0, 0.05) is 12.1 Å². The average Bonchev–Trinajstić information content (AvgIpc) is 2.71. The van der Waals surface area contributed by atoms with E-state index in [0.717, 1.165) is 19.4 Å². The highest BCUT2D eigenvalue weighted by atomic mass is 16.2. The number of H-pyrrole nitrogens is 1. The van der Waals surface area contributed by atoms with Crippen molar-refractivity contribution in [2.75, 3.05) is 6.54 Å². The zero-order valence-corrected chi connectivity index (χ0v) is 8.58. The van der Waals surface area contributed by atoms with Crippen LogP contribution in [-0.2, 0) is 0 Å². The molecule has 0 aliphatic carbocycles. The molecule has 14 heavy (non-hydrogen) atoms. The molecule has 0 aromatic carbocycles. The van der Waals surface area contributed by atoms with Gasteiger partial charge in [0.25, 0.3) is 5.91 Å². The van der Waals surface area contributed by atoms with E-state index in [0.29, 0.717) is 5.69 Å². The van der Waals surface area contributed by atoms with E-state index in [-0.39, 0.29) is 11.4 Å². The fourth-order valence-electron chi connectivity index (χ4n) is 2.00. The number of aromatic nitrogens is 2. The number of nitrogens with zero attached hydrogens (tertiary/aromatic N) is 2. The van der Waals surface area contributed by atoms with Gasteiger partial charge in [-0.15, -0.1) is 0 Å². The minimum Gasteiger partial charge on any atom is -0.341 e. The molecule has 76 valence electrons. The summed E-state index contributed by atoms with van der Waals surface area (Å²) in [6.45, 7) is 5.06. The zero-order chi connectivity index (χ0) is 10.2. The molecule has 1 saturated heterocycles. The first-order chi connectivity index (χ1) is 6.61. The summed E-state index contributed by atoms with van der Waals surface area (Å²) in [5, 5.41) is 0. The monoisotopic (exact) mass is 193 g/mol. The molecule has 1 aliphatic heterocycles. The molecule has 1 aromatic heterocycles. The third-order valence-corrected chi connectivity index (χ3v) is 2.87. The quantitative estimate of drug-likeness (QED) is 0.733. The van der Waals surface area contributed by atoms with Crippen LogP contribution >= 0.6 is 0 Å². The van der Waals surface area contributed by atoms with Gasteiger partial charge < -0.3 is 9.88 Å². The van der Waals surface area contributed by atoms with Gasteiger partial charge in [0.1, 0.15) is 5.69 Å². The Bertz CT molecular complexity index is 329. The van der Waals surface area contributed by atoms with E-state index in [1.165, 1.54) is 6.33 Å². The standard InChI is InChI=1S/C10H15N3O/c1-10(2)4-3-5-13(10)9(14)8-6-11-7-12-8/h6-7H,3-5H2,1-2H3,(H,11,12). The molecule has 1 N–H and O–H groups in total. The molecule has 0 unspecified atom stereocenters. The SMILES string of the molecule is CC1(C)CCCN1C(=O)c1cnc[nH]1. The smallest absolute Gasteiger partial charge is 0.272 e. The maximum Gasteiger partial charge on any atom is 0.272 e. The molecule has 2 heterocycles. The van der Waals surface area contributed by atoms with E-state index in [2.05, 4.69) is 23.8 Å². The average molecular weight is 193 g/mol. The van der Waals surface area contributed by atoms with Gasteiger partial charge in [-0.25, -0.2) is 4.98 Å². The molecule has 1 fully saturated rings. The first-order valence-corrected chi connectivity index (χ1v) is 4.91. The van der Waals surface area contributed by atoms with Crippen LogP contribution in [0.3, 0.4) is 0 Å². The van der Waals surface area contributed by atoms with Crippen molar-refractivity contribution < 1.29 is 4.79 Å². The van der Waals surface area contributed by atoms with Gasteiger partial charge in [0.05, 0.1) is 12.5 Å². The van der Waals surface area contributed by atoms with E-state index in [1.807, 2.05) is 4.90 Å². The van der Waals surface area contributed by atoms with Crippen molar-refractivity contribution in [2.24, 2.45) is 0 Å². The molecule has 0 atom stereocenters. The fourth-order valence-corrected chi connectivity index (χ4v) is 2.00. The predicted octanol–water partition coefficient (Wildman–Crippen LogP) is 1.42. The Hall–Kier alpha value is -1.32. The summed E-state index contributed by atoms with van der Waals surface area (Å²) in [5.74, 6) is 0.0602. The predicted molar refractivity (Wildman–Crippen MR) is 52.9 cm³/mol. The summed E-state index contributed by atoms with van der Waals surface area (Å²) >= 11 is 0. The maximum absolute atomic E-state index is 12.0. The summed E-state index contributed by atoms with van der Waals surface area (Å²) in [4.78, 5) is 20.6. The van der Waals surface area contributed by atoms with Crippen LogP contribution in [0.4, 0.5) is 0 Å². The normalized spacial score (nSPS) is 20.0. The van der Waals surface area contributed by atoms with Crippen molar-refractivity contribution in [3.8, 4) is 0 Å². The van der Waals surface area contributed by atoms with E-state index in [9.17, 15) is 4.79 Å². The number of rotatable bonds is 1. The van der Waals surface area contributed by atoms with Crippen LogP contribution in [0.2, 0.25) is 0 Å². The molecule has 2 rings (SSSR count). The number of hydrogen-bond donors (Lipinski definition) is 1. The van der Waals surface area contributed by atoms with Crippen LogP contribution in [0.25, 0.3) is 0 Å². The van der Waals surface area contributed by atoms with Crippen LogP contribution in [0, 0.1) is 0 Å².